The summed E-state index contributed by atoms with van der Waals surface area (Å²) in [4.78, 5) is 37.6. The van der Waals surface area contributed by atoms with Crippen molar-refractivity contribution in [1.29, 1.82) is 0 Å². The minimum atomic E-state index is -0.569. The highest BCUT2D eigenvalue weighted by Gasteiger charge is 2.47. The normalized spacial score (nSPS) is 26.6. The van der Waals surface area contributed by atoms with Gasteiger partial charge < -0.3 is 20.1 Å². The fourth-order valence-corrected chi connectivity index (χ4v) is 5.71. The summed E-state index contributed by atoms with van der Waals surface area (Å²) in [5, 5.41) is 14.5. The molecule has 1 unspecified atom stereocenters. The lowest BCUT2D eigenvalue weighted by molar-refractivity contribution is -0.136. The molecule has 4 fully saturated rings. The van der Waals surface area contributed by atoms with Crippen LogP contribution in [0.3, 0.4) is 0 Å². The maximum absolute atomic E-state index is 12.6. The zero-order valence-electron chi connectivity index (χ0n) is 19.0. The number of nitrogens with one attached hydrogen (secondary N) is 2. The molecule has 1 spiro atoms. The Labute approximate surface area is 194 Å². The number of hydrogen-bond acceptors (Lipinski definition) is 6. The Morgan fingerprint density at radius 3 is 2.39 bits per heavy atom. The van der Waals surface area contributed by atoms with Crippen LogP contribution in [0.25, 0.3) is 0 Å². The Hall–Kier alpha value is -2.45. The quantitative estimate of drug-likeness (QED) is 0.601. The molecule has 0 bridgehead atoms. The fourth-order valence-electron chi connectivity index (χ4n) is 5.71. The van der Waals surface area contributed by atoms with Gasteiger partial charge in [-0.05, 0) is 68.7 Å². The number of aliphatic hydroxyl groups is 1. The minimum Gasteiger partial charge on any atom is -0.490 e. The van der Waals surface area contributed by atoms with Gasteiger partial charge in [-0.2, -0.15) is 0 Å². The topological polar surface area (TPSA) is 108 Å². The Balaban J connectivity index is 0.000000238. The third-order valence-electron chi connectivity index (χ3n) is 7.69. The molecule has 1 atom stereocenters. The van der Waals surface area contributed by atoms with Crippen LogP contribution in [0.4, 0.5) is 0 Å². The van der Waals surface area contributed by atoms with Crippen molar-refractivity contribution >= 4 is 17.7 Å². The van der Waals surface area contributed by atoms with Crippen LogP contribution < -0.4 is 15.4 Å². The molecule has 1 aromatic rings. The van der Waals surface area contributed by atoms with Crippen LogP contribution >= 0.6 is 0 Å². The first-order chi connectivity index (χ1) is 15.9. The van der Waals surface area contributed by atoms with Crippen molar-refractivity contribution in [3.63, 3.8) is 0 Å². The molecule has 1 aromatic carbocycles. The second kappa shape index (κ2) is 9.06. The third-order valence-corrected chi connectivity index (χ3v) is 7.69. The van der Waals surface area contributed by atoms with Gasteiger partial charge in [0.1, 0.15) is 11.8 Å². The summed E-state index contributed by atoms with van der Waals surface area (Å²) in [7, 11) is 0. The Bertz CT molecular complexity index is 930. The molecule has 0 aromatic heterocycles. The fraction of sp³-hybridized carbons (Fsp3) is 0.640. The average Bonchev–Trinajstić information content (AvgIpc) is 3.07. The number of hydrogen-bond donors (Lipinski definition) is 3. The lowest BCUT2D eigenvalue weighted by atomic mass is 9.63. The zero-order chi connectivity index (χ0) is 23.0. The van der Waals surface area contributed by atoms with Gasteiger partial charge in [0.25, 0.3) is 5.91 Å². The van der Waals surface area contributed by atoms with Gasteiger partial charge in [0.05, 0.1) is 12.2 Å². The van der Waals surface area contributed by atoms with Crippen molar-refractivity contribution in [2.45, 2.75) is 82.6 Å². The van der Waals surface area contributed by atoms with E-state index >= 15 is 0 Å². The highest BCUT2D eigenvalue weighted by Crippen LogP contribution is 2.43. The van der Waals surface area contributed by atoms with E-state index in [2.05, 4.69) is 10.6 Å². The first-order valence-corrected chi connectivity index (χ1v) is 12.3. The molecule has 6 rings (SSSR count). The predicted octanol–water partition coefficient (Wildman–Crippen LogP) is 1.89. The summed E-state index contributed by atoms with van der Waals surface area (Å²) in [6, 6.07) is 5.00. The van der Waals surface area contributed by atoms with Crippen molar-refractivity contribution in [3.05, 3.63) is 29.3 Å². The molecule has 2 saturated heterocycles. The van der Waals surface area contributed by atoms with E-state index in [9.17, 15) is 14.4 Å². The summed E-state index contributed by atoms with van der Waals surface area (Å²) >= 11 is 0. The van der Waals surface area contributed by atoms with Crippen LogP contribution in [0.5, 0.6) is 5.75 Å². The minimum absolute atomic E-state index is 0.0251. The van der Waals surface area contributed by atoms with Gasteiger partial charge in [-0.1, -0.05) is 6.42 Å². The summed E-state index contributed by atoms with van der Waals surface area (Å²) in [6.07, 6.45) is 8.88. The Morgan fingerprint density at radius 1 is 1.03 bits per heavy atom. The Morgan fingerprint density at radius 2 is 1.79 bits per heavy atom. The molecular formula is C25H33N3O5. The molecule has 3 aliphatic heterocycles. The molecule has 2 saturated carbocycles. The van der Waals surface area contributed by atoms with Crippen molar-refractivity contribution in [3.8, 4) is 5.75 Å². The predicted molar refractivity (Wildman–Crippen MR) is 121 cm³/mol. The van der Waals surface area contributed by atoms with Gasteiger partial charge in [-0.15, -0.1) is 0 Å². The van der Waals surface area contributed by atoms with Crippen LogP contribution in [-0.4, -0.2) is 59.1 Å². The first kappa shape index (κ1) is 22.3. The van der Waals surface area contributed by atoms with E-state index in [-0.39, 0.29) is 36.4 Å². The van der Waals surface area contributed by atoms with Crippen LogP contribution in [0.2, 0.25) is 0 Å². The summed E-state index contributed by atoms with van der Waals surface area (Å²) < 4.78 is 6.08. The van der Waals surface area contributed by atoms with E-state index in [1.807, 2.05) is 12.1 Å². The van der Waals surface area contributed by atoms with Crippen molar-refractivity contribution < 1.29 is 24.2 Å². The van der Waals surface area contributed by atoms with Crippen molar-refractivity contribution in [2.24, 2.45) is 5.41 Å². The molecule has 3 N–H and O–H groups in total. The number of aliphatic hydroxyl groups excluding tert-OH is 1. The lowest BCUT2D eigenvalue weighted by Gasteiger charge is -2.52. The van der Waals surface area contributed by atoms with E-state index < -0.39 is 6.04 Å². The highest BCUT2D eigenvalue weighted by atomic mass is 16.5. The number of carbonyl (C=O) groups excluding carboxylic acids is 3. The number of benzene rings is 1. The molecule has 33 heavy (non-hydrogen) atoms. The van der Waals surface area contributed by atoms with Gasteiger partial charge >= 0.3 is 0 Å². The molecule has 5 aliphatic rings. The summed E-state index contributed by atoms with van der Waals surface area (Å²) in [5.41, 5.74) is 2.07. The number of imide groups is 1. The monoisotopic (exact) mass is 455 g/mol. The van der Waals surface area contributed by atoms with E-state index in [4.69, 9.17) is 9.84 Å². The van der Waals surface area contributed by atoms with Crippen LogP contribution in [0.15, 0.2) is 18.2 Å². The van der Waals surface area contributed by atoms with E-state index in [1.165, 1.54) is 19.3 Å². The SMILES string of the molecule is O=C1CCC(N2Cc3cc(OC4CCCCC4)ccc3C2=O)C(=O)N1.OC1CC2(CNC2)C1. The van der Waals surface area contributed by atoms with Gasteiger partial charge in [-0.25, -0.2) is 0 Å². The summed E-state index contributed by atoms with van der Waals surface area (Å²) in [5.74, 6) is 0.00181. The number of fused-ring (bicyclic) bond motifs is 1. The van der Waals surface area contributed by atoms with Gasteiger partial charge in [0.2, 0.25) is 11.8 Å². The summed E-state index contributed by atoms with van der Waals surface area (Å²) in [6.45, 7) is 2.68. The molecule has 2 aliphatic carbocycles. The number of rotatable bonds is 3. The Kier molecular flexibility index (Phi) is 6.14. The molecule has 8 nitrogen and oxygen atoms in total. The second-order valence-electron chi connectivity index (χ2n) is 10.3. The van der Waals surface area contributed by atoms with Gasteiger partial charge in [0, 0.05) is 37.0 Å². The maximum atomic E-state index is 12.6. The number of ether oxygens (including phenoxy) is 1. The van der Waals surface area contributed by atoms with Crippen LogP contribution in [0.1, 0.15) is 73.7 Å². The van der Waals surface area contributed by atoms with Gasteiger partial charge in [-0.3, -0.25) is 19.7 Å². The number of nitrogens with zero attached hydrogens (tertiary/aromatic N) is 1. The maximum Gasteiger partial charge on any atom is 0.255 e. The largest absolute Gasteiger partial charge is 0.490 e. The molecule has 178 valence electrons. The van der Waals surface area contributed by atoms with E-state index in [1.54, 1.807) is 11.0 Å². The number of carbonyl (C=O) groups is 3. The number of piperidine rings is 1. The van der Waals surface area contributed by atoms with Crippen LogP contribution in [-0.2, 0) is 16.1 Å². The highest BCUT2D eigenvalue weighted by molar-refractivity contribution is 6.05. The van der Waals surface area contributed by atoms with Crippen molar-refractivity contribution in [1.82, 2.24) is 15.5 Å². The molecule has 3 heterocycles. The first-order valence-electron chi connectivity index (χ1n) is 12.3. The molecule has 0 radical (unpaired) electrons. The van der Waals surface area contributed by atoms with Gasteiger partial charge in [0.15, 0.2) is 0 Å². The lowest BCUT2D eigenvalue weighted by Crippen LogP contribution is -2.61. The van der Waals surface area contributed by atoms with E-state index in [0.717, 1.165) is 50.1 Å². The third kappa shape index (κ3) is 4.64. The van der Waals surface area contributed by atoms with E-state index in [0.29, 0.717) is 23.9 Å². The second-order valence-corrected chi connectivity index (χ2v) is 10.3. The standard InChI is InChI=1S/C19H22N2O4.C6H11NO/c22-17-9-8-16(18(23)20-17)21-11-12-10-14(6-7-15(12)19(21)24)25-13-4-2-1-3-5-13;8-5-1-6(2-5)3-7-4-6/h6-7,10,13,16H,1-5,8-9,11H2,(H,20,22,23);5,7-8H,1-4H2. The van der Waals surface area contributed by atoms with Crippen LogP contribution in [0, 0.1) is 5.41 Å². The molecular weight excluding hydrogens is 422 g/mol. The average molecular weight is 456 g/mol. The number of amides is 3. The van der Waals surface area contributed by atoms with Crippen molar-refractivity contribution in [2.75, 3.05) is 13.1 Å². The zero-order valence-corrected chi connectivity index (χ0v) is 19.0. The molecule has 8 heteroatoms. The molecule has 3 amide bonds. The smallest absolute Gasteiger partial charge is 0.255 e.